The van der Waals surface area contributed by atoms with Crippen molar-refractivity contribution >= 4 is 5.91 Å². The van der Waals surface area contributed by atoms with Crippen molar-refractivity contribution < 1.29 is 4.79 Å². The number of carbonyl (C=O) groups is 1. The summed E-state index contributed by atoms with van der Waals surface area (Å²) in [7, 11) is 0. The molecule has 0 bridgehead atoms. The third kappa shape index (κ3) is 2.73. The van der Waals surface area contributed by atoms with E-state index in [9.17, 15) is 4.79 Å². The third-order valence-electron chi connectivity index (χ3n) is 2.92. The zero-order valence-corrected chi connectivity index (χ0v) is 9.47. The smallest absolute Gasteiger partial charge is 0.251 e. The van der Waals surface area contributed by atoms with Crippen molar-refractivity contribution in [2.75, 3.05) is 0 Å². The Bertz CT molecular complexity index is 459. The summed E-state index contributed by atoms with van der Waals surface area (Å²) >= 11 is 0. The fourth-order valence-corrected chi connectivity index (χ4v) is 1.95. The van der Waals surface area contributed by atoms with E-state index in [1.54, 1.807) is 12.1 Å². The number of carbonyl (C=O) groups excluding carboxylic acids is 1. The van der Waals surface area contributed by atoms with Crippen molar-refractivity contribution in [3.05, 3.63) is 48.0 Å². The largest absolute Gasteiger partial charge is 0.345 e. The molecule has 1 amide bonds. The Morgan fingerprint density at radius 3 is 2.82 bits per heavy atom. The molecule has 1 aliphatic rings. The molecule has 86 valence electrons. The Kier molecular flexibility index (Phi) is 3.56. The van der Waals surface area contributed by atoms with Gasteiger partial charge in [0.25, 0.3) is 5.91 Å². The Hall–Kier alpha value is -2.08. The second kappa shape index (κ2) is 5.31. The Morgan fingerprint density at radius 2 is 2.12 bits per heavy atom. The lowest BCUT2D eigenvalue weighted by atomic mass is 9.90. The normalized spacial score (nSPS) is 22.8. The molecule has 0 saturated carbocycles. The molecule has 1 aromatic rings. The molecule has 1 N–H and O–H groups in total. The van der Waals surface area contributed by atoms with Crippen LogP contribution in [0.4, 0.5) is 0 Å². The Morgan fingerprint density at radius 1 is 1.35 bits per heavy atom. The van der Waals surface area contributed by atoms with Gasteiger partial charge in [-0.3, -0.25) is 4.79 Å². The van der Waals surface area contributed by atoms with E-state index in [0.29, 0.717) is 5.56 Å². The minimum absolute atomic E-state index is 0.118. The molecule has 0 spiro atoms. The first-order valence-corrected chi connectivity index (χ1v) is 5.73. The molecule has 2 rings (SSSR count). The van der Waals surface area contributed by atoms with Crippen LogP contribution in [0.5, 0.6) is 0 Å². The predicted octanol–water partition coefficient (Wildman–Crippen LogP) is 2.27. The van der Waals surface area contributed by atoms with Crippen molar-refractivity contribution in [3.8, 4) is 6.07 Å². The van der Waals surface area contributed by atoms with Crippen LogP contribution in [0.25, 0.3) is 0 Å². The highest BCUT2D eigenvalue weighted by molar-refractivity contribution is 5.94. The van der Waals surface area contributed by atoms with Crippen LogP contribution in [-0.2, 0) is 0 Å². The van der Waals surface area contributed by atoms with Crippen LogP contribution in [0.15, 0.2) is 42.5 Å². The molecule has 1 aromatic carbocycles. The van der Waals surface area contributed by atoms with Crippen molar-refractivity contribution in [2.45, 2.75) is 18.9 Å². The lowest BCUT2D eigenvalue weighted by Gasteiger charge is -2.23. The summed E-state index contributed by atoms with van der Waals surface area (Å²) in [6.07, 6.45) is 5.66. The molecule has 0 saturated heterocycles. The fraction of sp³-hybridized carbons (Fsp3) is 0.286. The molecule has 3 heteroatoms. The van der Waals surface area contributed by atoms with Gasteiger partial charge in [-0.15, -0.1) is 0 Å². The highest BCUT2D eigenvalue weighted by Gasteiger charge is 2.23. The zero-order valence-electron chi connectivity index (χ0n) is 9.47. The van der Waals surface area contributed by atoms with Crippen LogP contribution in [0.1, 0.15) is 23.2 Å². The van der Waals surface area contributed by atoms with E-state index in [1.165, 1.54) is 0 Å². The maximum Gasteiger partial charge on any atom is 0.251 e. The number of nitriles is 1. The van der Waals surface area contributed by atoms with Gasteiger partial charge in [-0.1, -0.05) is 30.4 Å². The van der Waals surface area contributed by atoms with Crippen LogP contribution in [0.3, 0.4) is 0 Å². The molecule has 1 aliphatic carbocycles. The summed E-state index contributed by atoms with van der Waals surface area (Å²) < 4.78 is 0. The number of nitrogens with one attached hydrogen (secondary N) is 1. The van der Waals surface area contributed by atoms with Crippen molar-refractivity contribution in [1.29, 1.82) is 5.26 Å². The Labute approximate surface area is 101 Å². The molecule has 0 radical (unpaired) electrons. The van der Waals surface area contributed by atoms with Crippen LogP contribution in [0, 0.1) is 17.2 Å². The summed E-state index contributed by atoms with van der Waals surface area (Å²) in [5.74, 6) is -0.241. The highest BCUT2D eigenvalue weighted by atomic mass is 16.1. The second-order valence-electron chi connectivity index (χ2n) is 4.11. The quantitative estimate of drug-likeness (QED) is 0.786. The number of allylic oxidation sites excluding steroid dienone is 1. The molecule has 0 aromatic heterocycles. The van der Waals surface area contributed by atoms with Crippen molar-refractivity contribution in [3.63, 3.8) is 0 Å². The molecular formula is C14H14N2O. The van der Waals surface area contributed by atoms with Crippen LogP contribution in [0.2, 0.25) is 0 Å². The molecular weight excluding hydrogens is 212 g/mol. The van der Waals surface area contributed by atoms with Gasteiger partial charge in [0.1, 0.15) is 0 Å². The van der Waals surface area contributed by atoms with Gasteiger partial charge >= 0.3 is 0 Å². The van der Waals surface area contributed by atoms with E-state index >= 15 is 0 Å². The first-order chi connectivity index (χ1) is 8.31. The number of hydrogen-bond donors (Lipinski definition) is 1. The van der Waals surface area contributed by atoms with Crippen molar-refractivity contribution in [2.24, 2.45) is 5.92 Å². The summed E-state index contributed by atoms with van der Waals surface area (Å²) in [5.41, 5.74) is 0.628. The van der Waals surface area contributed by atoms with E-state index in [-0.39, 0.29) is 17.9 Å². The Balaban J connectivity index is 2.06. The van der Waals surface area contributed by atoms with Crippen LogP contribution < -0.4 is 5.32 Å². The lowest BCUT2D eigenvalue weighted by Crippen LogP contribution is -2.39. The SMILES string of the molecule is N#C[C@H]1CCC=C[C@H]1NC(=O)c1ccccc1. The van der Waals surface area contributed by atoms with Crippen LogP contribution in [-0.4, -0.2) is 11.9 Å². The van der Waals surface area contributed by atoms with Crippen LogP contribution >= 0.6 is 0 Å². The van der Waals surface area contributed by atoms with E-state index in [2.05, 4.69) is 11.4 Å². The van der Waals surface area contributed by atoms with E-state index < -0.39 is 0 Å². The maximum absolute atomic E-state index is 11.9. The monoisotopic (exact) mass is 226 g/mol. The van der Waals surface area contributed by atoms with E-state index in [0.717, 1.165) is 12.8 Å². The van der Waals surface area contributed by atoms with E-state index in [4.69, 9.17) is 5.26 Å². The van der Waals surface area contributed by atoms with Gasteiger partial charge in [0.05, 0.1) is 18.0 Å². The molecule has 3 nitrogen and oxygen atoms in total. The summed E-state index contributed by atoms with van der Waals surface area (Å²) in [5, 5.41) is 11.9. The number of nitrogens with zero attached hydrogens (tertiary/aromatic N) is 1. The number of amides is 1. The fourth-order valence-electron chi connectivity index (χ4n) is 1.95. The number of benzene rings is 1. The first-order valence-electron chi connectivity index (χ1n) is 5.73. The number of rotatable bonds is 2. The summed E-state index contributed by atoms with van der Waals surface area (Å²) in [6, 6.07) is 11.1. The minimum atomic E-state index is -0.165. The summed E-state index contributed by atoms with van der Waals surface area (Å²) in [6.45, 7) is 0. The minimum Gasteiger partial charge on any atom is -0.345 e. The summed E-state index contributed by atoms with van der Waals surface area (Å²) in [4.78, 5) is 11.9. The molecule has 2 atom stereocenters. The average Bonchev–Trinajstić information content (AvgIpc) is 2.40. The van der Waals surface area contributed by atoms with Crippen molar-refractivity contribution in [1.82, 2.24) is 5.32 Å². The first kappa shape index (κ1) is 11.4. The van der Waals surface area contributed by atoms with Gasteiger partial charge in [-0.25, -0.2) is 0 Å². The zero-order chi connectivity index (χ0) is 12.1. The van der Waals surface area contributed by atoms with Gasteiger partial charge in [0.15, 0.2) is 0 Å². The van der Waals surface area contributed by atoms with Gasteiger partial charge in [0, 0.05) is 5.56 Å². The van der Waals surface area contributed by atoms with E-state index in [1.807, 2.05) is 30.4 Å². The lowest BCUT2D eigenvalue weighted by molar-refractivity contribution is 0.0936. The van der Waals surface area contributed by atoms with Gasteiger partial charge in [-0.2, -0.15) is 5.26 Å². The molecule has 0 aliphatic heterocycles. The van der Waals surface area contributed by atoms with Gasteiger partial charge < -0.3 is 5.32 Å². The molecule has 0 unspecified atom stereocenters. The topological polar surface area (TPSA) is 52.9 Å². The van der Waals surface area contributed by atoms with Gasteiger partial charge in [-0.05, 0) is 25.0 Å². The van der Waals surface area contributed by atoms with Gasteiger partial charge in [0.2, 0.25) is 0 Å². The highest BCUT2D eigenvalue weighted by Crippen LogP contribution is 2.18. The maximum atomic E-state index is 11.9. The molecule has 17 heavy (non-hydrogen) atoms. The third-order valence-corrected chi connectivity index (χ3v) is 2.92. The average molecular weight is 226 g/mol. The second-order valence-corrected chi connectivity index (χ2v) is 4.11. The standard InChI is InChI=1S/C14H14N2O/c15-10-12-8-4-5-9-13(12)16-14(17)11-6-2-1-3-7-11/h1-3,5-7,9,12-13H,4,8H2,(H,16,17)/t12-,13-/m1/s1. The number of hydrogen-bond acceptors (Lipinski definition) is 2. The molecule has 0 heterocycles. The molecule has 0 fully saturated rings. The predicted molar refractivity (Wildman–Crippen MR) is 65.2 cm³/mol.